The number of halogens is 1. The summed E-state index contributed by atoms with van der Waals surface area (Å²) in [5.41, 5.74) is 2.64. The fourth-order valence-corrected chi connectivity index (χ4v) is 3.28. The quantitative estimate of drug-likeness (QED) is 0.531. The molecule has 30 heavy (non-hydrogen) atoms. The third kappa shape index (κ3) is 5.70. The molecule has 0 aromatic heterocycles. The molecule has 0 heterocycles. The Bertz CT molecular complexity index is 1040. The first-order valence-corrected chi connectivity index (χ1v) is 10.3. The Morgan fingerprint density at radius 1 is 0.967 bits per heavy atom. The van der Waals surface area contributed by atoms with Gasteiger partial charge in [0.1, 0.15) is 5.75 Å². The van der Waals surface area contributed by atoms with Crippen LogP contribution in [-0.2, 0) is 6.42 Å². The lowest BCUT2D eigenvalue weighted by atomic mass is 10.1. The normalized spacial score (nSPS) is 10.4. The number of carbonyl (C=O) groups excluding carboxylic acids is 2. The van der Waals surface area contributed by atoms with E-state index in [-0.39, 0.29) is 11.8 Å². The number of ether oxygens (including phenoxy) is 1. The lowest BCUT2D eigenvalue weighted by Gasteiger charge is -2.14. The Kier molecular flexibility index (Phi) is 7.25. The van der Waals surface area contributed by atoms with E-state index in [2.05, 4.69) is 21.2 Å². The van der Waals surface area contributed by atoms with Gasteiger partial charge in [0, 0.05) is 36.2 Å². The zero-order valence-electron chi connectivity index (χ0n) is 16.9. The minimum atomic E-state index is -0.305. The smallest absolute Gasteiger partial charge is 0.259 e. The second kappa shape index (κ2) is 10.1. The number of rotatable bonds is 7. The lowest BCUT2D eigenvalue weighted by molar-refractivity contribution is 0.0827. The van der Waals surface area contributed by atoms with Crippen molar-refractivity contribution in [2.45, 2.75) is 6.42 Å². The van der Waals surface area contributed by atoms with Crippen molar-refractivity contribution >= 4 is 33.4 Å². The summed E-state index contributed by atoms with van der Waals surface area (Å²) in [5.74, 6) is 0.0751. The molecule has 0 aliphatic rings. The number of hydrogen-bond donors (Lipinski definition) is 1. The molecule has 3 rings (SSSR count). The van der Waals surface area contributed by atoms with Gasteiger partial charge in [0.15, 0.2) is 0 Å². The monoisotopic (exact) mass is 466 g/mol. The summed E-state index contributed by atoms with van der Waals surface area (Å²) in [6.07, 6.45) is 0.743. The first-order valence-electron chi connectivity index (χ1n) is 9.53. The van der Waals surface area contributed by atoms with E-state index in [9.17, 15) is 9.59 Å². The minimum Gasteiger partial charge on any atom is -0.492 e. The molecule has 154 valence electrons. The van der Waals surface area contributed by atoms with Crippen LogP contribution >= 0.6 is 15.9 Å². The van der Waals surface area contributed by atoms with Crippen molar-refractivity contribution in [2.24, 2.45) is 0 Å². The highest BCUT2D eigenvalue weighted by atomic mass is 79.9. The number of amides is 2. The van der Waals surface area contributed by atoms with Gasteiger partial charge in [0.25, 0.3) is 11.8 Å². The van der Waals surface area contributed by atoms with Crippen molar-refractivity contribution in [1.29, 1.82) is 0 Å². The number of anilines is 1. The van der Waals surface area contributed by atoms with Gasteiger partial charge in [0.05, 0.1) is 12.2 Å². The molecule has 0 bridgehead atoms. The molecule has 0 aliphatic carbocycles. The van der Waals surface area contributed by atoms with Crippen LogP contribution in [0, 0.1) is 0 Å². The molecule has 0 unspecified atom stereocenters. The fourth-order valence-electron chi connectivity index (χ4n) is 2.92. The molecule has 0 aliphatic heterocycles. The Labute approximate surface area is 184 Å². The molecule has 6 heteroatoms. The molecule has 5 nitrogen and oxygen atoms in total. The molecule has 0 atom stereocenters. The Hall–Kier alpha value is -3.12. The highest BCUT2D eigenvalue weighted by Crippen LogP contribution is 2.25. The highest BCUT2D eigenvalue weighted by Gasteiger charge is 2.15. The van der Waals surface area contributed by atoms with Gasteiger partial charge in [-0.2, -0.15) is 0 Å². The second-order valence-corrected chi connectivity index (χ2v) is 7.87. The highest BCUT2D eigenvalue weighted by molar-refractivity contribution is 9.10. The molecular formula is C24H23BrN2O3. The summed E-state index contributed by atoms with van der Waals surface area (Å²) in [6, 6.07) is 22.2. The maximum Gasteiger partial charge on any atom is 0.259 e. The summed E-state index contributed by atoms with van der Waals surface area (Å²) in [5, 5.41) is 2.86. The Morgan fingerprint density at radius 2 is 1.73 bits per heavy atom. The van der Waals surface area contributed by atoms with E-state index in [1.807, 2.05) is 36.4 Å². The lowest BCUT2D eigenvalue weighted by Crippen LogP contribution is -2.22. The van der Waals surface area contributed by atoms with E-state index in [0.717, 1.165) is 10.9 Å². The van der Waals surface area contributed by atoms with Crippen LogP contribution in [-0.4, -0.2) is 37.4 Å². The molecule has 2 amide bonds. The van der Waals surface area contributed by atoms with Crippen LogP contribution in [0.4, 0.5) is 5.69 Å². The van der Waals surface area contributed by atoms with Crippen molar-refractivity contribution in [1.82, 2.24) is 4.90 Å². The minimum absolute atomic E-state index is 0.126. The van der Waals surface area contributed by atoms with Crippen LogP contribution in [0.1, 0.15) is 26.3 Å². The van der Waals surface area contributed by atoms with Gasteiger partial charge in [-0.1, -0.05) is 52.3 Å². The molecule has 0 fully saturated rings. The van der Waals surface area contributed by atoms with Crippen molar-refractivity contribution in [3.8, 4) is 5.75 Å². The Morgan fingerprint density at radius 3 is 2.47 bits per heavy atom. The molecule has 3 aromatic carbocycles. The third-order valence-electron chi connectivity index (χ3n) is 4.45. The number of nitrogens with zero attached hydrogens (tertiary/aromatic N) is 1. The predicted octanol–water partition coefficient (Wildman–Crippen LogP) is 5.02. The van der Waals surface area contributed by atoms with Gasteiger partial charge in [-0.05, 0) is 42.0 Å². The average molecular weight is 467 g/mol. The first kappa shape index (κ1) is 21.6. The number of nitrogens with one attached hydrogen (secondary N) is 1. The van der Waals surface area contributed by atoms with Gasteiger partial charge in [-0.15, -0.1) is 0 Å². The van der Waals surface area contributed by atoms with Gasteiger partial charge in [0.2, 0.25) is 0 Å². The van der Waals surface area contributed by atoms with Crippen LogP contribution in [0.3, 0.4) is 0 Å². The molecule has 0 saturated carbocycles. The van der Waals surface area contributed by atoms with Gasteiger partial charge < -0.3 is 15.0 Å². The topological polar surface area (TPSA) is 58.6 Å². The first-order chi connectivity index (χ1) is 14.4. The van der Waals surface area contributed by atoms with E-state index in [4.69, 9.17) is 4.74 Å². The molecule has 0 saturated heterocycles. The summed E-state index contributed by atoms with van der Waals surface area (Å²) < 4.78 is 6.68. The molecular weight excluding hydrogens is 444 g/mol. The summed E-state index contributed by atoms with van der Waals surface area (Å²) >= 11 is 3.42. The zero-order chi connectivity index (χ0) is 21.5. The SMILES string of the molecule is CN(C)C(=O)c1cccc(NC(=O)c2cc(Br)ccc2OCCc2ccccc2)c1. The van der Waals surface area contributed by atoms with Gasteiger partial charge >= 0.3 is 0 Å². The summed E-state index contributed by atoms with van der Waals surface area (Å²) in [4.78, 5) is 26.6. The van der Waals surface area contributed by atoms with E-state index in [0.29, 0.717) is 29.2 Å². The van der Waals surface area contributed by atoms with Crippen molar-refractivity contribution in [2.75, 3.05) is 26.0 Å². The standard InChI is InChI=1S/C24H23BrN2O3/c1-27(2)24(29)18-9-6-10-20(15-18)26-23(28)21-16-19(25)11-12-22(21)30-14-13-17-7-4-3-5-8-17/h3-12,15-16H,13-14H2,1-2H3,(H,26,28). The number of carbonyl (C=O) groups is 2. The number of benzene rings is 3. The van der Waals surface area contributed by atoms with Crippen LogP contribution in [0.15, 0.2) is 77.3 Å². The van der Waals surface area contributed by atoms with E-state index < -0.39 is 0 Å². The maximum absolute atomic E-state index is 12.9. The molecule has 0 spiro atoms. The van der Waals surface area contributed by atoms with Crippen LogP contribution in [0.2, 0.25) is 0 Å². The van der Waals surface area contributed by atoms with Crippen molar-refractivity contribution in [3.63, 3.8) is 0 Å². The van der Waals surface area contributed by atoms with E-state index in [1.165, 1.54) is 10.5 Å². The maximum atomic E-state index is 12.9. The largest absolute Gasteiger partial charge is 0.492 e. The van der Waals surface area contributed by atoms with E-state index in [1.54, 1.807) is 50.5 Å². The van der Waals surface area contributed by atoms with Crippen LogP contribution in [0.25, 0.3) is 0 Å². The van der Waals surface area contributed by atoms with Gasteiger partial charge in [-0.25, -0.2) is 0 Å². The molecule has 1 N–H and O–H groups in total. The number of hydrogen-bond acceptors (Lipinski definition) is 3. The van der Waals surface area contributed by atoms with E-state index >= 15 is 0 Å². The summed E-state index contributed by atoms with van der Waals surface area (Å²) in [7, 11) is 3.38. The molecule has 3 aromatic rings. The van der Waals surface area contributed by atoms with Gasteiger partial charge in [-0.3, -0.25) is 9.59 Å². The van der Waals surface area contributed by atoms with Crippen molar-refractivity contribution < 1.29 is 14.3 Å². The van der Waals surface area contributed by atoms with Crippen LogP contribution < -0.4 is 10.1 Å². The van der Waals surface area contributed by atoms with Crippen molar-refractivity contribution in [3.05, 3.63) is 94.0 Å². The molecule has 0 radical (unpaired) electrons. The predicted molar refractivity (Wildman–Crippen MR) is 122 cm³/mol. The fraction of sp³-hybridized carbons (Fsp3) is 0.167. The summed E-state index contributed by atoms with van der Waals surface area (Å²) in [6.45, 7) is 0.457. The van der Waals surface area contributed by atoms with Crippen LogP contribution in [0.5, 0.6) is 5.75 Å². The third-order valence-corrected chi connectivity index (χ3v) is 4.94. The average Bonchev–Trinajstić information content (AvgIpc) is 2.75. The second-order valence-electron chi connectivity index (χ2n) is 6.96. The zero-order valence-corrected chi connectivity index (χ0v) is 18.5. The Balaban J connectivity index is 1.73.